The second-order valence-electron chi connectivity index (χ2n) is 5.99. The van der Waals surface area contributed by atoms with Crippen LogP contribution in [0.3, 0.4) is 0 Å². The average Bonchev–Trinajstić information content (AvgIpc) is 2.42. The Labute approximate surface area is 115 Å². The van der Waals surface area contributed by atoms with Crippen LogP contribution in [0.4, 0.5) is 4.39 Å². The zero-order valence-corrected chi connectivity index (χ0v) is 12.0. The molecule has 0 bridgehead atoms. The first kappa shape index (κ1) is 14.5. The van der Waals surface area contributed by atoms with Gasteiger partial charge >= 0.3 is 0 Å². The maximum atomic E-state index is 13.8. The molecular formula is C16H25FN2. The van der Waals surface area contributed by atoms with Crippen LogP contribution in [0, 0.1) is 17.7 Å². The molecule has 106 valence electrons. The molecule has 1 heterocycles. The molecule has 2 rings (SSSR count). The van der Waals surface area contributed by atoms with Crippen LogP contribution < -0.4 is 5.73 Å². The van der Waals surface area contributed by atoms with Gasteiger partial charge in [-0.1, -0.05) is 26.0 Å². The summed E-state index contributed by atoms with van der Waals surface area (Å²) in [4.78, 5) is 2.36. The highest BCUT2D eigenvalue weighted by atomic mass is 19.1. The lowest BCUT2D eigenvalue weighted by Gasteiger charge is -2.34. The molecule has 0 aliphatic carbocycles. The van der Waals surface area contributed by atoms with Crippen molar-refractivity contribution in [1.82, 2.24) is 4.90 Å². The summed E-state index contributed by atoms with van der Waals surface area (Å²) < 4.78 is 13.8. The minimum absolute atomic E-state index is 0.108. The van der Waals surface area contributed by atoms with Crippen molar-refractivity contribution < 1.29 is 4.39 Å². The molecule has 0 amide bonds. The van der Waals surface area contributed by atoms with E-state index in [1.54, 1.807) is 12.1 Å². The largest absolute Gasteiger partial charge is 0.326 e. The first-order valence-corrected chi connectivity index (χ1v) is 7.30. The summed E-state index contributed by atoms with van der Waals surface area (Å²) in [6, 6.07) is 5.21. The SMILES string of the molecule is CC(C)C1CCN(Cc2cc(CN)ccc2F)CC1. The fourth-order valence-electron chi connectivity index (χ4n) is 2.89. The summed E-state index contributed by atoms with van der Waals surface area (Å²) >= 11 is 0. The first-order chi connectivity index (χ1) is 9.10. The van der Waals surface area contributed by atoms with Crippen molar-refractivity contribution in [1.29, 1.82) is 0 Å². The minimum Gasteiger partial charge on any atom is -0.326 e. The Hall–Kier alpha value is -0.930. The molecule has 0 saturated carbocycles. The highest BCUT2D eigenvalue weighted by Gasteiger charge is 2.22. The molecule has 0 unspecified atom stereocenters. The van der Waals surface area contributed by atoms with E-state index in [1.165, 1.54) is 12.8 Å². The van der Waals surface area contributed by atoms with Crippen molar-refractivity contribution in [2.75, 3.05) is 13.1 Å². The fourth-order valence-corrected chi connectivity index (χ4v) is 2.89. The van der Waals surface area contributed by atoms with Gasteiger partial charge in [0.25, 0.3) is 0 Å². The zero-order chi connectivity index (χ0) is 13.8. The first-order valence-electron chi connectivity index (χ1n) is 7.30. The zero-order valence-electron chi connectivity index (χ0n) is 12.0. The molecule has 1 saturated heterocycles. The van der Waals surface area contributed by atoms with Crippen molar-refractivity contribution >= 4 is 0 Å². The third kappa shape index (κ3) is 3.77. The van der Waals surface area contributed by atoms with E-state index in [9.17, 15) is 4.39 Å². The molecule has 3 heteroatoms. The van der Waals surface area contributed by atoms with Gasteiger partial charge in [-0.25, -0.2) is 4.39 Å². The van der Waals surface area contributed by atoms with Crippen molar-refractivity contribution in [3.63, 3.8) is 0 Å². The molecular weight excluding hydrogens is 239 g/mol. The third-order valence-electron chi connectivity index (χ3n) is 4.31. The summed E-state index contributed by atoms with van der Waals surface area (Å²) in [5, 5.41) is 0. The van der Waals surface area contributed by atoms with E-state index < -0.39 is 0 Å². The molecule has 19 heavy (non-hydrogen) atoms. The Balaban J connectivity index is 1.95. The predicted molar refractivity (Wildman–Crippen MR) is 77.1 cm³/mol. The fraction of sp³-hybridized carbons (Fsp3) is 0.625. The number of likely N-dealkylation sites (tertiary alicyclic amines) is 1. The molecule has 2 nitrogen and oxygen atoms in total. The van der Waals surface area contributed by atoms with Gasteiger partial charge in [-0.2, -0.15) is 0 Å². The topological polar surface area (TPSA) is 29.3 Å². The highest BCUT2D eigenvalue weighted by molar-refractivity contribution is 5.25. The molecule has 1 aromatic carbocycles. The predicted octanol–water partition coefficient (Wildman–Crippen LogP) is 3.15. The van der Waals surface area contributed by atoms with Crippen LogP contribution >= 0.6 is 0 Å². The van der Waals surface area contributed by atoms with E-state index in [-0.39, 0.29) is 5.82 Å². The van der Waals surface area contributed by atoms with Crippen molar-refractivity contribution in [3.05, 3.63) is 35.1 Å². The summed E-state index contributed by atoms with van der Waals surface area (Å²) in [7, 11) is 0. The van der Waals surface area contributed by atoms with Crippen LogP contribution in [0.2, 0.25) is 0 Å². The smallest absolute Gasteiger partial charge is 0.127 e. The Morgan fingerprint density at radius 2 is 2.00 bits per heavy atom. The van der Waals surface area contributed by atoms with Gasteiger partial charge in [0.05, 0.1) is 0 Å². The van der Waals surface area contributed by atoms with E-state index in [0.29, 0.717) is 13.1 Å². The Morgan fingerprint density at radius 1 is 1.32 bits per heavy atom. The van der Waals surface area contributed by atoms with Crippen LogP contribution in [0.1, 0.15) is 37.8 Å². The summed E-state index contributed by atoms with van der Waals surface area (Å²) in [6.07, 6.45) is 2.46. The molecule has 0 aromatic heterocycles. The van der Waals surface area contributed by atoms with Crippen molar-refractivity contribution in [3.8, 4) is 0 Å². The number of benzene rings is 1. The van der Waals surface area contributed by atoms with Gasteiger partial charge in [0.2, 0.25) is 0 Å². The number of hydrogen-bond donors (Lipinski definition) is 1. The summed E-state index contributed by atoms with van der Waals surface area (Å²) in [5.74, 6) is 1.49. The van der Waals surface area contributed by atoms with E-state index in [4.69, 9.17) is 5.73 Å². The lowest BCUT2D eigenvalue weighted by Crippen LogP contribution is -2.35. The highest BCUT2D eigenvalue weighted by Crippen LogP contribution is 2.25. The van der Waals surface area contributed by atoms with Gasteiger partial charge in [0.15, 0.2) is 0 Å². The van der Waals surface area contributed by atoms with E-state index in [1.807, 2.05) is 6.07 Å². The quantitative estimate of drug-likeness (QED) is 0.905. The number of piperidine rings is 1. The lowest BCUT2D eigenvalue weighted by molar-refractivity contribution is 0.150. The van der Waals surface area contributed by atoms with Crippen molar-refractivity contribution in [2.24, 2.45) is 17.6 Å². The van der Waals surface area contributed by atoms with Crippen LogP contribution in [0.25, 0.3) is 0 Å². The molecule has 2 N–H and O–H groups in total. The number of nitrogens with two attached hydrogens (primary N) is 1. The average molecular weight is 264 g/mol. The van der Waals surface area contributed by atoms with E-state index >= 15 is 0 Å². The maximum absolute atomic E-state index is 13.8. The molecule has 1 aliphatic rings. The van der Waals surface area contributed by atoms with Crippen LogP contribution in [-0.4, -0.2) is 18.0 Å². The number of rotatable bonds is 4. The van der Waals surface area contributed by atoms with Crippen molar-refractivity contribution in [2.45, 2.75) is 39.8 Å². The minimum atomic E-state index is -0.108. The molecule has 1 aliphatic heterocycles. The van der Waals surface area contributed by atoms with Gasteiger partial charge in [0, 0.05) is 18.7 Å². The lowest BCUT2D eigenvalue weighted by atomic mass is 9.86. The molecule has 0 atom stereocenters. The normalized spacial score (nSPS) is 18.2. The van der Waals surface area contributed by atoms with Gasteiger partial charge in [0.1, 0.15) is 5.82 Å². The van der Waals surface area contributed by atoms with E-state index in [2.05, 4.69) is 18.7 Å². The Kier molecular flexibility index (Phi) is 4.94. The molecule has 1 fully saturated rings. The standard InChI is InChI=1S/C16H25FN2/c1-12(2)14-5-7-19(8-6-14)11-15-9-13(10-18)3-4-16(15)17/h3-4,9,12,14H,5-8,10-11,18H2,1-2H3. The number of halogens is 1. The Morgan fingerprint density at radius 3 is 2.58 bits per heavy atom. The molecule has 0 spiro atoms. The van der Waals surface area contributed by atoms with Gasteiger partial charge in [-0.15, -0.1) is 0 Å². The number of nitrogens with zero attached hydrogens (tertiary/aromatic N) is 1. The molecule has 0 radical (unpaired) electrons. The van der Waals surface area contributed by atoms with Gasteiger partial charge in [-0.05, 0) is 49.4 Å². The van der Waals surface area contributed by atoms with Crippen LogP contribution in [0.15, 0.2) is 18.2 Å². The Bertz CT molecular complexity index is 409. The summed E-state index contributed by atoms with van der Waals surface area (Å²) in [6.45, 7) is 7.94. The monoisotopic (exact) mass is 264 g/mol. The maximum Gasteiger partial charge on any atom is 0.127 e. The summed E-state index contributed by atoms with van der Waals surface area (Å²) in [5.41, 5.74) is 7.41. The second-order valence-corrected chi connectivity index (χ2v) is 5.99. The third-order valence-corrected chi connectivity index (χ3v) is 4.31. The van der Waals surface area contributed by atoms with Crippen LogP contribution in [-0.2, 0) is 13.1 Å². The van der Waals surface area contributed by atoms with Gasteiger partial charge < -0.3 is 5.73 Å². The molecule has 1 aromatic rings. The number of hydrogen-bond acceptors (Lipinski definition) is 2. The van der Waals surface area contributed by atoms with Gasteiger partial charge in [-0.3, -0.25) is 4.90 Å². The second kappa shape index (κ2) is 6.49. The van der Waals surface area contributed by atoms with Crippen LogP contribution in [0.5, 0.6) is 0 Å². The van der Waals surface area contributed by atoms with E-state index in [0.717, 1.165) is 36.1 Å².